The van der Waals surface area contributed by atoms with Crippen molar-refractivity contribution in [3.63, 3.8) is 0 Å². The maximum absolute atomic E-state index is 13.1. The summed E-state index contributed by atoms with van der Waals surface area (Å²) >= 11 is 0. The van der Waals surface area contributed by atoms with Crippen LogP contribution in [-0.2, 0) is 16.0 Å². The molecule has 0 aliphatic carbocycles. The van der Waals surface area contributed by atoms with Crippen LogP contribution >= 0.6 is 0 Å². The molecule has 1 aromatic rings. The summed E-state index contributed by atoms with van der Waals surface area (Å²) in [6.45, 7) is 5.21. The summed E-state index contributed by atoms with van der Waals surface area (Å²) in [5.74, 6) is -0.0821. The molecule has 1 aliphatic rings. The molecule has 0 atom stereocenters. The maximum Gasteiger partial charge on any atom is 0.225 e. The molecule has 1 fully saturated rings. The Morgan fingerprint density at radius 2 is 2.00 bits per heavy atom. The molecule has 2 amide bonds. The van der Waals surface area contributed by atoms with Crippen molar-refractivity contribution in [2.45, 2.75) is 45.6 Å². The Balaban J connectivity index is 1.71. The van der Waals surface area contributed by atoms with Crippen LogP contribution in [0.15, 0.2) is 24.3 Å². The molecule has 23 heavy (non-hydrogen) atoms. The first-order chi connectivity index (χ1) is 11.0. The summed E-state index contributed by atoms with van der Waals surface area (Å²) in [6.07, 6.45) is 2.48. The van der Waals surface area contributed by atoms with Gasteiger partial charge in [0.05, 0.1) is 0 Å². The summed E-state index contributed by atoms with van der Waals surface area (Å²) in [5, 5.41) is 3.02. The summed E-state index contributed by atoms with van der Waals surface area (Å²) in [5.41, 5.74) is 0.831. The lowest BCUT2D eigenvalue weighted by atomic mass is 10.0. The van der Waals surface area contributed by atoms with E-state index >= 15 is 0 Å². The summed E-state index contributed by atoms with van der Waals surface area (Å²) in [6, 6.07) is 6.47. The van der Waals surface area contributed by atoms with Crippen molar-refractivity contribution >= 4 is 11.8 Å². The predicted octanol–water partition coefficient (Wildman–Crippen LogP) is 2.52. The van der Waals surface area contributed by atoms with Gasteiger partial charge in [0.25, 0.3) is 0 Å². The molecule has 0 bridgehead atoms. The molecular weight excluding hydrogens is 295 g/mol. The fourth-order valence-corrected chi connectivity index (χ4v) is 2.86. The van der Waals surface area contributed by atoms with Gasteiger partial charge in [-0.1, -0.05) is 26.0 Å². The number of amides is 2. The van der Waals surface area contributed by atoms with Gasteiger partial charge >= 0.3 is 0 Å². The Kier molecular flexibility index (Phi) is 6.13. The largest absolute Gasteiger partial charge is 0.353 e. The van der Waals surface area contributed by atoms with E-state index in [1.54, 1.807) is 6.07 Å². The fraction of sp³-hybridized carbons (Fsp3) is 0.556. The third-order valence-electron chi connectivity index (χ3n) is 4.20. The minimum Gasteiger partial charge on any atom is -0.353 e. The Bertz CT molecular complexity index is 552. The number of carbonyl (C=O) groups is 2. The van der Waals surface area contributed by atoms with Crippen LogP contribution in [0.1, 0.15) is 38.7 Å². The SMILES string of the molecule is CC(C)C(=O)N1CCC(NC(=O)CCc2cccc(F)c2)CC1. The van der Waals surface area contributed by atoms with Crippen LogP contribution in [0, 0.1) is 11.7 Å². The Labute approximate surface area is 137 Å². The number of nitrogens with zero attached hydrogens (tertiary/aromatic N) is 1. The highest BCUT2D eigenvalue weighted by molar-refractivity contribution is 5.78. The molecule has 1 heterocycles. The van der Waals surface area contributed by atoms with E-state index in [4.69, 9.17) is 0 Å². The van der Waals surface area contributed by atoms with Crippen molar-refractivity contribution < 1.29 is 14.0 Å². The maximum atomic E-state index is 13.1. The summed E-state index contributed by atoms with van der Waals surface area (Å²) in [7, 11) is 0. The van der Waals surface area contributed by atoms with Crippen LogP contribution < -0.4 is 5.32 Å². The van der Waals surface area contributed by atoms with E-state index in [-0.39, 0.29) is 29.6 Å². The Hall–Kier alpha value is -1.91. The number of rotatable bonds is 5. The van der Waals surface area contributed by atoms with E-state index < -0.39 is 0 Å². The average Bonchev–Trinajstić information content (AvgIpc) is 2.53. The standard InChI is InChI=1S/C18H25FN2O2/c1-13(2)18(23)21-10-8-16(9-11-21)20-17(22)7-6-14-4-3-5-15(19)12-14/h3-5,12-13,16H,6-11H2,1-2H3,(H,20,22). The number of benzene rings is 1. The zero-order valence-electron chi connectivity index (χ0n) is 13.8. The van der Waals surface area contributed by atoms with Crippen LogP contribution in [0.5, 0.6) is 0 Å². The minimum atomic E-state index is -0.273. The highest BCUT2D eigenvalue weighted by Crippen LogP contribution is 2.14. The van der Waals surface area contributed by atoms with Crippen LogP contribution in [-0.4, -0.2) is 35.8 Å². The lowest BCUT2D eigenvalue weighted by Crippen LogP contribution is -2.47. The zero-order chi connectivity index (χ0) is 16.8. The van der Waals surface area contributed by atoms with Crippen molar-refractivity contribution in [3.8, 4) is 0 Å². The van der Waals surface area contributed by atoms with E-state index in [0.29, 0.717) is 25.9 Å². The number of hydrogen-bond acceptors (Lipinski definition) is 2. The number of aryl methyl sites for hydroxylation is 1. The second-order valence-electron chi connectivity index (χ2n) is 6.45. The molecule has 4 nitrogen and oxygen atoms in total. The monoisotopic (exact) mass is 320 g/mol. The highest BCUT2D eigenvalue weighted by Gasteiger charge is 2.24. The molecule has 5 heteroatoms. The molecule has 0 unspecified atom stereocenters. The normalized spacial score (nSPS) is 15.7. The average molecular weight is 320 g/mol. The van der Waals surface area contributed by atoms with Gasteiger partial charge in [-0.2, -0.15) is 0 Å². The van der Waals surface area contributed by atoms with Crippen molar-refractivity contribution in [2.75, 3.05) is 13.1 Å². The van der Waals surface area contributed by atoms with Crippen LogP contribution in [0.3, 0.4) is 0 Å². The van der Waals surface area contributed by atoms with E-state index in [2.05, 4.69) is 5.32 Å². The number of nitrogens with one attached hydrogen (secondary N) is 1. The first-order valence-corrected chi connectivity index (χ1v) is 8.28. The second kappa shape index (κ2) is 8.09. The number of hydrogen-bond donors (Lipinski definition) is 1. The molecule has 0 aromatic heterocycles. The zero-order valence-corrected chi connectivity index (χ0v) is 13.8. The summed E-state index contributed by atoms with van der Waals surface area (Å²) in [4.78, 5) is 25.8. The lowest BCUT2D eigenvalue weighted by Gasteiger charge is -2.33. The van der Waals surface area contributed by atoms with Gasteiger partial charge in [0.15, 0.2) is 0 Å². The van der Waals surface area contributed by atoms with Gasteiger partial charge in [0, 0.05) is 31.5 Å². The smallest absolute Gasteiger partial charge is 0.225 e. The summed E-state index contributed by atoms with van der Waals surface area (Å²) < 4.78 is 13.1. The topological polar surface area (TPSA) is 49.4 Å². The van der Waals surface area contributed by atoms with Crippen molar-refractivity contribution in [2.24, 2.45) is 5.92 Å². The second-order valence-corrected chi connectivity index (χ2v) is 6.45. The molecule has 0 spiro atoms. The number of piperidine rings is 1. The van der Waals surface area contributed by atoms with Crippen LogP contribution in [0.25, 0.3) is 0 Å². The molecule has 1 aromatic carbocycles. The van der Waals surface area contributed by atoms with Gasteiger partial charge in [-0.3, -0.25) is 9.59 Å². The van der Waals surface area contributed by atoms with E-state index in [0.717, 1.165) is 18.4 Å². The molecule has 0 saturated carbocycles. The van der Waals surface area contributed by atoms with Crippen LogP contribution in [0.4, 0.5) is 4.39 Å². The van der Waals surface area contributed by atoms with Gasteiger partial charge in [0.1, 0.15) is 5.82 Å². The van der Waals surface area contributed by atoms with Gasteiger partial charge in [0.2, 0.25) is 11.8 Å². The molecule has 1 saturated heterocycles. The first kappa shape index (κ1) is 17.4. The van der Waals surface area contributed by atoms with E-state index in [1.807, 2.05) is 24.8 Å². The third kappa shape index (κ3) is 5.34. The first-order valence-electron chi connectivity index (χ1n) is 8.28. The number of carbonyl (C=O) groups excluding carboxylic acids is 2. The molecule has 126 valence electrons. The number of halogens is 1. The van der Waals surface area contributed by atoms with Gasteiger partial charge in [-0.15, -0.1) is 0 Å². The molecule has 1 N–H and O–H groups in total. The third-order valence-corrected chi connectivity index (χ3v) is 4.20. The Morgan fingerprint density at radius 3 is 2.61 bits per heavy atom. The van der Waals surface area contributed by atoms with Crippen molar-refractivity contribution in [1.82, 2.24) is 10.2 Å². The van der Waals surface area contributed by atoms with E-state index in [9.17, 15) is 14.0 Å². The molecule has 1 aliphatic heterocycles. The van der Waals surface area contributed by atoms with E-state index in [1.165, 1.54) is 12.1 Å². The number of likely N-dealkylation sites (tertiary alicyclic amines) is 1. The van der Waals surface area contributed by atoms with Gasteiger partial charge in [-0.05, 0) is 37.0 Å². The van der Waals surface area contributed by atoms with Crippen molar-refractivity contribution in [1.29, 1.82) is 0 Å². The Morgan fingerprint density at radius 1 is 1.30 bits per heavy atom. The fourth-order valence-electron chi connectivity index (χ4n) is 2.86. The highest BCUT2D eigenvalue weighted by atomic mass is 19.1. The van der Waals surface area contributed by atoms with Crippen LogP contribution in [0.2, 0.25) is 0 Å². The molecule has 0 radical (unpaired) electrons. The molecule has 2 rings (SSSR count). The predicted molar refractivity (Wildman–Crippen MR) is 87.3 cm³/mol. The quantitative estimate of drug-likeness (QED) is 0.906. The minimum absolute atomic E-state index is 0.0112. The molecular formula is C18H25FN2O2. The van der Waals surface area contributed by atoms with Gasteiger partial charge in [-0.25, -0.2) is 4.39 Å². The lowest BCUT2D eigenvalue weighted by molar-refractivity contribution is -0.135. The van der Waals surface area contributed by atoms with Crippen molar-refractivity contribution in [3.05, 3.63) is 35.6 Å². The van der Waals surface area contributed by atoms with Gasteiger partial charge < -0.3 is 10.2 Å².